The Morgan fingerprint density at radius 2 is 1.53 bits per heavy atom. The first-order valence-electron chi connectivity index (χ1n) is 12.5. The standard InChI is InChI=1S/C24H38N4O6/c1-14(22(33)28-18(21(25)32)5-6-20(30)31)27-19(29)4-2-3-7-26-23(34)24-11-15-8-16(12-24)10-17(9-15)13-24/h14-18H,2-13H2,1H3,(H2,25,32)(H,26,34)(H,27,29)(H,28,33)(H,30,31)/t14-,15?,16?,17?,18-,24?/m1/s1. The molecule has 0 aromatic heterocycles. The largest absolute Gasteiger partial charge is 0.481 e. The number of primary amides is 1. The number of hydrogen-bond acceptors (Lipinski definition) is 5. The van der Waals surface area contributed by atoms with Gasteiger partial charge in [-0.1, -0.05) is 0 Å². The molecule has 190 valence electrons. The van der Waals surface area contributed by atoms with Gasteiger partial charge in [-0.3, -0.25) is 24.0 Å². The van der Waals surface area contributed by atoms with Crippen molar-refractivity contribution in [2.24, 2.45) is 28.9 Å². The maximum atomic E-state index is 12.9. The molecule has 10 heteroatoms. The topological polar surface area (TPSA) is 168 Å². The van der Waals surface area contributed by atoms with Gasteiger partial charge in [-0.15, -0.1) is 0 Å². The molecule has 4 amide bonds. The Hall–Kier alpha value is -2.65. The lowest BCUT2D eigenvalue weighted by atomic mass is 9.49. The van der Waals surface area contributed by atoms with Gasteiger partial charge in [-0.25, -0.2) is 0 Å². The van der Waals surface area contributed by atoms with E-state index in [0.717, 1.165) is 37.0 Å². The third kappa shape index (κ3) is 6.70. The summed E-state index contributed by atoms with van der Waals surface area (Å²) in [5, 5.41) is 16.8. The number of nitrogens with two attached hydrogens (primary N) is 1. The summed E-state index contributed by atoms with van der Waals surface area (Å²) in [6.45, 7) is 2.02. The fraction of sp³-hybridized carbons (Fsp3) is 0.792. The normalized spacial score (nSPS) is 28.6. The molecular formula is C24H38N4O6. The number of amides is 4. The molecule has 10 nitrogen and oxygen atoms in total. The number of unbranched alkanes of at least 4 members (excludes halogenated alkanes) is 1. The average Bonchev–Trinajstić information content (AvgIpc) is 2.74. The summed E-state index contributed by atoms with van der Waals surface area (Å²) in [6.07, 6.45) is 8.00. The molecule has 0 heterocycles. The van der Waals surface area contributed by atoms with E-state index in [1.165, 1.54) is 26.2 Å². The van der Waals surface area contributed by atoms with Crippen LogP contribution >= 0.6 is 0 Å². The predicted molar refractivity (Wildman–Crippen MR) is 123 cm³/mol. The van der Waals surface area contributed by atoms with Gasteiger partial charge in [0.05, 0.1) is 0 Å². The maximum Gasteiger partial charge on any atom is 0.303 e. The molecule has 0 radical (unpaired) electrons. The van der Waals surface area contributed by atoms with Crippen LogP contribution in [0, 0.1) is 23.2 Å². The molecule has 6 N–H and O–H groups in total. The van der Waals surface area contributed by atoms with E-state index in [-0.39, 0.29) is 36.5 Å². The molecule has 0 unspecified atom stereocenters. The zero-order valence-corrected chi connectivity index (χ0v) is 19.9. The summed E-state index contributed by atoms with van der Waals surface area (Å²) in [5.74, 6) is -0.504. The highest BCUT2D eigenvalue weighted by molar-refractivity contribution is 5.91. The highest BCUT2D eigenvalue weighted by Crippen LogP contribution is 2.60. The zero-order chi connectivity index (χ0) is 24.9. The van der Waals surface area contributed by atoms with Crippen molar-refractivity contribution in [1.82, 2.24) is 16.0 Å². The minimum Gasteiger partial charge on any atom is -0.481 e. The number of hydrogen-bond donors (Lipinski definition) is 5. The maximum absolute atomic E-state index is 12.9. The summed E-state index contributed by atoms with van der Waals surface area (Å²) < 4.78 is 0. The average molecular weight is 479 g/mol. The molecule has 0 spiro atoms. The zero-order valence-electron chi connectivity index (χ0n) is 19.9. The molecule has 4 bridgehead atoms. The van der Waals surface area contributed by atoms with Gasteiger partial charge in [-0.05, 0) is 82.5 Å². The van der Waals surface area contributed by atoms with Gasteiger partial charge in [0.1, 0.15) is 12.1 Å². The molecule has 2 atom stereocenters. The van der Waals surface area contributed by atoms with Crippen molar-refractivity contribution < 1.29 is 29.1 Å². The van der Waals surface area contributed by atoms with Gasteiger partial charge in [0, 0.05) is 24.8 Å². The number of nitrogens with one attached hydrogen (secondary N) is 3. The van der Waals surface area contributed by atoms with Crippen molar-refractivity contribution in [1.29, 1.82) is 0 Å². The van der Waals surface area contributed by atoms with Crippen molar-refractivity contribution >= 4 is 29.6 Å². The molecule has 4 saturated carbocycles. The van der Waals surface area contributed by atoms with Crippen molar-refractivity contribution in [3.8, 4) is 0 Å². The van der Waals surface area contributed by atoms with E-state index in [9.17, 15) is 24.0 Å². The van der Waals surface area contributed by atoms with Gasteiger partial charge in [0.2, 0.25) is 23.6 Å². The first kappa shape index (κ1) is 26.0. The Kier molecular flexibility index (Phi) is 8.54. The Morgan fingerprint density at radius 1 is 0.941 bits per heavy atom. The number of carboxylic acids is 1. The summed E-state index contributed by atoms with van der Waals surface area (Å²) >= 11 is 0. The second-order valence-electron chi connectivity index (χ2n) is 10.6. The number of carboxylic acid groups (broad SMARTS) is 1. The first-order valence-corrected chi connectivity index (χ1v) is 12.5. The highest BCUT2D eigenvalue weighted by Gasteiger charge is 2.54. The lowest BCUT2D eigenvalue weighted by molar-refractivity contribution is -0.146. The van der Waals surface area contributed by atoms with Gasteiger partial charge < -0.3 is 26.8 Å². The lowest BCUT2D eigenvalue weighted by Gasteiger charge is -2.55. The highest BCUT2D eigenvalue weighted by atomic mass is 16.4. The van der Waals surface area contributed by atoms with Gasteiger partial charge >= 0.3 is 5.97 Å². The van der Waals surface area contributed by atoms with Gasteiger partial charge in [0.15, 0.2) is 0 Å². The van der Waals surface area contributed by atoms with Crippen LogP contribution in [0.4, 0.5) is 0 Å². The fourth-order valence-electron chi connectivity index (χ4n) is 6.42. The molecule has 4 aliphatic carbocycles. The van der Waals surface area contributed by atoms with E-state index in [4.69, 9.17) is 10.8 Å². The summed E-state index contributed by atoms with van der Waals surface area (Å²) in [7, 11) is 0. The van der Waals surface area contributed by atoms with Gasteiger partial charge in [-0.2, -0.15) is 0 Å². The fourth-order valence-corrected chi connectivity index (χ4v) is 6.42. The van der Waals surface area contributed by atoms with Crippen LogP contribution in [-0.2, 0) is 24.0 Å². The van der Waals surface area contributed by atoms with E-state index in [0.29, 0.717) is 19.4 Å². The van der Waals surface area contributed by atoms with E-state index in [1.807, 2.05) is 0 Å². The van der Waals surface area contributed by atoms with Gasteiger partial charge in [0.25, 0.3) is 0 Å². The third-order valence-electron chi connectivity index (χ3n) is 7.71. The van der Waals surface area contributed by atoms with Crippen molar-refractivity contribution in [2.45, 2.75) is 89.6 Å². The molecule has 4 fully saturated rings. The molecule has 0 aromatic carbocycles. The van der Waals surface area contributed by atoms with Crippen LogP contribution in [0.25, 0.3) is 0 Å². The van der Waals surface area contributed by atoms with Crippen LogP contribution in [0.3, 0.4) is 0 Å². The number of rotatable bonds is 13. The van der Waals surface area contributed by atoms with E-state index >= 15 is 0 Å². The molecule has 0 saturated heterocycles. The predicted octanol–water partition coefficient (Wildman–Crippen LogP) is 0.829. The van der Waals surface area contributed by atoms with E-state index < -0.39 is 29.9 Å². The summed E-state index contributed by atoms with van der Waals surface area (Å²) in [6, 6.07) is -2.00. The second kappa shape index (κ2) is 11.2. The lowest BCUT2D eigenvalue weighted by Crippen LogP contribution is -2.53. The first-order chi connectivity index (χ1) is 16.1. The van der Waals surface area contributed by atoms with Crippen molar-refractivity contribution in [3.63, 3.8) is 0 Å². The minimum absolute atomic E-state index is 0.119. The Bertz CT molecular complexity index is 778. The third-order valence-corrected chi connectivity index (χ3v) is 7.71. The molecule has 4 aliphatic rings. The Labute approximate surface area is 200 Å². The number of carbonyl (C=O) groups is 5. The minimum atomic E-state index is -1.11. The number of carbonyl (C=O) groups excluding carboxylic acids is 4. The smallest absolute Gasteiger partial charge is 0.303 e. The molecule has 0 aliphatic heterocycles. The van der Waals surface area contributed by atoms with E-state index in [2.05, 4.69) is 16.0 Å². The van der Waals surface area contributed by atoms with E-state index in [1.54, 1.807) is 0 Å². The van der Waals surface area contributed by atoms with Crippen LogP contribution in [0.1, 0.15) is 77.6 Å². The van der Waals surface area contributed by atoms with Crippen LogP contribution in [0.15, 0.2) is 0 Å². The second-order valence-corrected chi connectivity index (χ2v) is 10.6. The monoisotopic (exact) mass is 478 g/mol. The quantitative estimate of drug-likeness (QED) is 0.246. The van der Waals surface area contributed by atoms with Crippen molar-refractivity contribution in [3.05, 3.63) is 0 Å². The number of aliphatic carboxylic acids is 1. The van der Waals surface area contributed by atoms with Crippen LogP contribution in [0.5, 0.6) is 0 Å². The molecule has 34 heavy (non-hydrogen) atoms. The van der Waals surface area contributed by atoms with Crippen LogP contribution in [0.2, 0.25) is 0 Å². The molecular weight excluding hydrogens is 440 g/mol. The molecule has 4 rings (SSSR count). The van der Waals surface area contributed by atoms with Crippen molar-refractivity contribution in [2.75, 3.05) is 6.54 Å². The SMILES string of the molecule is C[C@@H](NC(=O)CCCCNC(=O)C12CC3CC(CC(C3)C1)C2)C(=O)N[C@H](CCC(=O)O)C(N)=O. The Balaban J connectivity index is 1.31. The Morgan fingerprint density at radius 3 is 2.06 bits per heavy atom. The summed E-state index contributed by atoms with van der Waals surface area (Å²) in [5.41, 5.74) is 5.04. The van der Waals surface area contributed by atoms with Crippen LogP contribution in [-0.4, -0.2) is 53.3 Å². The molecule has 0 aromatic rings. The summed E-state index contributed by atoms with van der Waals surface area (Å²) in [4.78, 5) is 59.4. The van der Waals surface area contributed by atoms with Crippen LogP contribution < -0.4 is 21.7 Å².